The van der Waals surface area contributed by atoms with Crippen LogP contribution < -0.4 is 24.8 Å². The standard InChI is InChI=1S/C56H75Cl4N5O6S2/c1-5-8-11-14-16-17-18-19-20-22-28-50(71-43-31-33-49(66)40(4)36-43)55(67)61-42-30-32-44(58)47(39-42)62-54-53(56(68)65(63-54)52-45(59)37-41(57)38-46(52)60)72-51-29-24-23-27-48(51)64(34-25-21-15-12-9-6-2)73(69)70-35-26-13-10-7-3/h23-24,27,29-33,36-39,50,53,66H,5-22,25-26,28,34-35H2,1-4H3,(H,61,67)(H,62,63). The van der Waals surface area contributed by atoms with Crippen molar-refractivity contribution in [2.24, 2.45) is 4.99 Å². The molecule has 1 saturated heterocycles. The molecule has 5 rings (SSSR count). The van der Waals surface area contributed by atoms with Crippen molar-refractivity contribution in [2.45, 2.75) is 179 Å². The number of rotatable bonds is 34. The minimum Gasteiger partial charge on any atom is -0.508 e. The van der Waals surface area contributed by atoms with Crippen LogP contribution in [0, 0.1) is 6.92 Å². The highest BCUT2D eigenvalue weighted by Crippen LogP contribution is 2.42. The van der Waals surface area contributed by atoms with E-state index in [4.69, 9.17) is 60.3 Å². The molecular weight excluding hydrogens is 1040 g/mol. The van der Waals surface area contributed by atoms with Crippen molar-refractivity contribution in [3.8, 4) is 11.5 Å². The number of thioether (sulfide) groups is 1. The summed E-state index contributed by atoms with van der Waals surface area (Å²) in [7, 11) is 0. The predicted molar refractivity (Wildman–Crippen MR) is 308 cm³/mol. The maximum absolute atomic E-state index is 14.8. The van der Waals surface area contributed by atoms with Gasteiger partial charge in [0.1, 0.15) is 28.3 Å². The number of carbonyl (C=O) groups excluding carboxylic acids is 2. The molecular formula is C56H75Cl4N5O6S2. The lowest BCUT2D eigenvalue weighted by Gasteiger charge is -2.25. The highest BCUT2D eigenvalue weighted by atomic mass is 35.5. The Kier molecular flexibility index (Phi) is 26.9. The van der Waals surface area contributed by atoms with Crippen molar-refractivity contribution in [3.05, 3.63) is 98.5 Å². The van der Waals surface area contributed by atoms with E-state index < -0.39 is 28.5 Å². The Hall–Kier alpha value is -3.69. The molecule has 11 nitrogen and oxygen atoms in total. The predicted octanol–water partition coefficient (Wildman–Crippen LogP) is 17.1. The first-order chi connectivity index (χ1) is 35.3. The SMILES string of the molecule is CCCCCCCCCCCCC(Oc1ccc(O)c(C)c1)C(=O)Nc1ccc(Cl)c(N=C2NN(c3c(Cl)cc(Cl)cc3Cl)C(=O)C2Sc2ccccc2N(CCCCCCCC)S(=O)OCCCCCC)c1. The second-order valence-corrected chi connectivity index (χ2v) is 22.5. The van der Waals surface area contributed by atoms with Crippen molar-refractivity contribution in [1.29, 1.82) is 0 Å². The van der Waals surface area contributed by atoms with Gasteiger partial charge in [0.25, 0.3) is 23.1 Å². The number of nitrogens with one attached hydrogen (secondary N) is 2. The quantitative estimate of drug-likeness (QED) is 0.0394. The van der Waals surface area contributed by atoms with Gasteiger partial charge in [0.15, 0.2) is 6.10 Å². The van der Waals surface area contributed by atoms with Gasteiger partial charge >= 0.3 is 0 Å². The van der Waals surface area contributed by atoms with Crippen LogP contribution in [0.1, 0.15) is 161 Å². The van der Waals surface area contributed by atoms with E-state index in [-0.39, 0.29) is 43.9 Å². The molecule has 3 unspecified atom stereocenters. The number of hydrogen-bond acceptors (Lipinski definition) is 8. The van der Waals surface area contributed by atoms with Crippen LogP contribution in [0.3, 0.4) is 0 Å². The van der Waals surface area contributed by atoms with Crippen LogP contribution in [0.4, 0.5) is 22.7 Å². The third kappa shape index (κ3) is 19.4. The van der Waals surface area contributed by atoms with E-state index in [0.29, 0.717) is 52.2 Å². The molecule has 0 aromatic heterocycles. The summed E-state index contributed by atoms with van der Waals surface area (Å²) in [5.41, 5.74) is 5.33. The van der Waals surface area contributed by atoms with Crippen LogP contribution in [0.2, 0.25) is 20.1 Å². The zero-order valence-corrected chi connectivity index (χ0v) is 47.7. The number of halogens is 4. The lowest BCUT2D eigenvalue weighted by molar-refractivity contribution is -0.123. The minimum absolute atomic E-state index is 0.139. The number of amides is 2. The summed E-state index contributed by atoms with van der Waals surface area (Å²) in [5.74, 6) is 0.0392. The van der Waals surface area contributed by atoms with Gasteiger partial charge in [-0.2, -0.15) is 0 Å². The third-order valence-electron chi connectivity index (χ3n) is 12.6. The summed E-state index contributed by atoms with van der Waals surface area (Å²) >= 11 is 26.1. The Balaban J connectivity index is 1.43. The van der Waals surface area contributed by atoms with Crippen LogP contribution in [0.15, 0.2) is 82.7 Å². The lowest BCUT2D eigenvalue weighted by atomic mass is 10.0. The number of aryl methyl sites for hydroxylation is 1. The van der Waals surface area contributed by atoms with Crippen LogP contribution in [-0.2, 0) is 25.0 Å². The van der Waals surface area contributed by atoms with E-state index in [1.54, 1.807) is 47.6 Å². The molecule has 1 fully saturated rings. The summed E-state index contributed by atoms with van der Waals surface area (Å²) in [4.78, 5) is 34.6. The molecule has 0 saturated carbocycles. The van der Waals surface area contributed by atoms with Gasteiger partial charge in [-0.3, -0.25) is 23.5 Å². The number of hydrogen-bond donors (Lipinski definition) is 3. The Labute approximate surface area is 461 Å². The number of nitrogens with zero attached hydrogens (tertiary/aromatic N) is 3. The molecule has 3 N–H and O–H groups in total. The molecule has 17 heteroatoms. The largest absolute Gasteiger partial charge is 0.508 e. The van der Waals surface area contributed by atoms with Gasteiger partial charge in [0, 0.05) is 22.2 Å². The monoisotopic (exact) mass is 1120 g/mol. The molecule has 0 radical (unpaired) electrons. The molecule has 4 aromatic rings. The fourth-order valence-electron chi connectivity index (χ4n) is 8.45. The summed E-state index contributed by atoms with van der Waals surface area (Å²) < 4.78 is 28.2. The molecule has 400 valence electrons. The molecule has 0 aliphatic carbocycles. The lowest BCUT2D eigenvalue weighted by Crippen LogP contribution is -2.36. The van der Waals surface area contributed by atoms with Crippen LogP contribution in [-0.4, -0.2) is 51.5 Å². The number of aromatic hydroxyl groups is 1. The van der Waals surface area contributed by atoms with Gasteiger partial charge in [0.05, 0.1) is 33.0 Å². The van der Waals surface area contributed by atoms with Gasteiger partial charge in [-0.1, -0.05) is 188 Å². The number of anilines is 3. The summed E-state index contributed by atoms with van der Waals surface area (Å²) in [6.45, 7) is 9.19. The van der Waals surface area contributed by atoms with E-state index >= 15 is 0 Å². The van der Waals surface area contributed by atoms with E-state index in [0.717, 1.165) is 83.5 Å². The van der Waals surface area contributed by atoms with Gasteiger partial charge < -0.3 is 15.2 Å². The molecule has 1 aliphatic heterocycles. The maximum atomic E-state index is 14.8. The smallest absolute Gasteiger partial charge is 0.267 e. The van der Waals surface area contributed by atoms with E-state index in [9.17, 15) is 18.9 Å². The van der Waals surface area contributed by atoms with Crippen molar-refractivity contribution >= 4 is 110 Å². The summed E-state index contributed by atoms with van der Waals surface area (Å²) in [6.07, 6.45) is 21.5. The average molecular weight is 1120 g/mol. The number of amidine groups is 1. The molecule has 3 atom stereocenters. The number of para-hydroxylation sites is 1. The second-order valence-electron chi connectivity index (χ2n) is 18.6. The first-order valence-electron chi connectivity index (χ1n) is 26.3. The normalized spacial score (nSPS) is 14.9. The maximum Gasteiger partial charge on any atom is 0.267 e. The Bertz CT molecular complexity index is 2410. The van der Waals surface area contributed by atoms with E-state index in [1.807, 2.05) is 24.3 Å². The zero-order valence-electron chi connectivity index (χ0n) is 43.0. The van der Waals surface area contributed by atoms with Crippen molar-refractivity contribution in [2.75, 3.05) is 27.8 Å². The summed E-state index contributed by atoms with van der Waals surface area (Å²) in [5, 5.41) is 14.3. The van der Waals surface area contributed by atoms with Crippen molar-refractivity contribution in [1.82, 2.24) is 5.43 Å². The fraction of sp³-hybridized carbons (Fsp3) is 0.518. The van der Waals surface area contributed by atoms with E-state index in [2.05, 4.69) is 31.5 Å². The number of phenols is 1. The average Bonchev–Trinajstić information content (AvgIpc) is 3.65. The van der Waals surface area contributed by atoms with Gasteiger partial charge in [0.2, 0.25) is 0 Å². The van der Waals surface area contributed by atoms with Gasteiger partial charge in [-0.05, 0) is 98.8 Å². The number of aliphatic imine (C=N–C) groups is 1. The molecule has 2 amide bonds. The number of unbranched alkanes of at least 4 members (excludes halogenated alkanes) is 17. The Morgan fingerprint density at radius 2 is 1.38 bits per heavy atom. The fourth-order valence-corrected chi connectivity index (χ4v) is 11.8. The first kappa shape index (κ1) is 60.2. The first-order valence-corrected chi connectivity index (χ1v) is 29.8. The number of carbonyl (C=O) groups is 2. The Morgan fingerprint density at radius 1 is 0.781 bits per heavy atom. The van der Waals surface area contributed by atoms with Crippen LogP contribution in [0.25, 0.3) is 0 Å². The van der Waals surface area contributed by atoms with Crippen LogP contribution >= 0.6 is 58.2 Å². The van der Waals surface area contributed by atoms with Crippen molar-refractivity contribution in [3.63, 3.8) is 0 Å². The van der Waals surface area contributed by atoms with Gasteiger partial charge in [-0.15, -0.1) is 11.8 Å². The second kappa shape index (κ2) is 32.7. The number of hydrazine groups is 1. The zero-order chi connectivity index (χ0) is 52.5. The molecule has 73 heavy (non-hydrogen) atoms. The third-order valence-corrected chi connectivity index (χ3v) is 16.1. The summed E-state index contributed by atoms with van der Waals surface area (Å²) in [6, 6.07) is 20.4. The van der Waals surface area contributed by atoms with E-state index in [1.165, 1.54) is 73.8 Å². The molecule has 1 heterocycles. The highest BCUT2D eigenvalue weighted by molar-refractivity contribution is 8.01. The molecule has 1 aliphatic rings. The van der Waals surface area contributed by atoms with Crippen molar-refractivity contribution < 1.29 is 27.8 Å². The Morgan fingerprint density at radius 3 is 2.03 bits per heavy atom. The minimum atomic E-state index is -1.80. The molecule has 4 aromatic carbocycles. The number of ether oxygens (including phenoxy) is 1. The molecule has 0 spiro atoms. The number of phenolic OH excluding ortho intramolecular Hbond substituents is 1. The topological polar surface area (TPSA) is 133 Å². The number of benzene rings is 4. The molecule has 0 bridgehead atoms. The highest BCUT2D eigenvalue weighted by Gasteiger charge is 2.42. The van der Waals surface area contributed by atoms with Gasteiger partial charge in [-0.25, -0.2) is 14.2 Å². The van der Waals surface area contributed by atoms with Crippen LogP contribution in [0.5, 0.6) is 11.5 Å².